The summed E-state index contributed by atoms with van der Waals surface area (Å²) < 4.78 is 0. The second-order valence-electron chi connectivity index (χ2n) is 7.26. The van der Waals surface area contributed by atoms with Crippen molar-refractivity contribution in [2.24, 2.45) is 5.92 Å². The Bertz CT molecular complexity index is 306. The first-order valence-corrected chi connectivity index (χ1v) is 8.71. The number of piperidine rings is 2. The van der Waals surface area contributed by atoms with E-state index in [-0.39, 0.29) is 6.10 Å². The number of nitrogens with zero attached hydrogens (tertiary/aromatic N) is 1. The number of aliphatic hydroxyl groups is 1. The molecule has 1 N–H and O–H groups in total. The zero-order valence-electron chi connectivity index (χ0n) is 12.6. The molecule has 2 saturated heterocycles. The first-order chi connectivity index (χ1) is 9.26. The largest absolute Gasteiger partial charge is 0.392 e. The zero-order valence-corrected chi connectivity index (χ0v) is 12.6. The topological polar surface area (TPSA) is 23.5 Å². The Morgan fingerprint density at radius 1 is 1.11 bits per heavy atom. The van der Waals surface area contributed by atoms with Gasteiger partial charge in [-0.2, -0.15) is 0 Å². The molecule has 2 heteroatoms. The molecule has 2 aliphatic heterocycles. The van der Waals surface area contributed by atoms with Crippen molar-refractivity contribution in [1.82, 2.24) is 4.90 Å². The van der Waals surface area contributed by atoms with E-state index in [9.17, 15) is 5.11 Å². The van der Waals surface area contributed by atoms with Gasteiger partial charge < -0.3 is 5.11 Å². The Hall–Kier alpha value is -0.0800. The summed E-state index contributed by atoms with van der Waals surface area (Å²) in [6.45, 7) is 3.26. The van der Waals surface area contributed by atoms with E-state index in [4.69, 9.17) is 0 Å². The van der Waals surface area contributed by atoms with E-state index in [1.807, 2.05) is 0 Å². The third kappa shape index (κ3) is 2.47. The van der Waals surface area contributed by atoms with Crippen molar-refractivity contribution in [3.63, 3.8) is 0 Å². The smallest absolute Gasteiger partial charge is 0.0668 e. The molecule has 4 unspecified atom stereocenters. The predicted molar refractivity (Wildman–Crippen MR) is 79.2 cm³/mol. The van der Waals surface area contributed by atoms with Crippen LogP contribution in [0.25, 0.3) is 0 Å². The van der Waals surface area contributed by atoms with Crippen LogP contribution in [0.15, 0.2) is 0 Å². The van der Waals surface area contributed by atoms with E-state index in [2.05, 4.69) is 11.8 Å². The molecule has 3 fully saturated rings. The third-order valence-electron chi connectivity index (χ3n) is 6.24. The van der Waals surface area contributed by atoms with Crippen LogP contribution in [0.4, 0.5) is 0 Å². The van der Waals surface area contributed by atoms with Gasteiger partial charge >= 0.3 is 0 Å². The Balaban J connectivity index is 1.80. The molecule has 19 heavy (non-hydrogen) atoms. The van der Waals surface area contributed by atoms with Gasteiger partial charge in [0.2, 0.25) is 0 Å². The highest BCUT2D eigenvalue weighted by atomic mass is 16.3. The maximum atomic E-state index is 10.1. The van der Waals surface area contributed by atoms with Gasteiger partial charge in [-0.15, -0.1) is 0 Å². The molecule has 0 amide bonds. The van der Waals surface area contributed by atoms with Crippen molar-refractivity contribution >= 4 is 0 Å². The first kappa shape index (κ1) is 13.9. The lowest BCUT2D eigenvalue weighted by Crippen LogP contribution is -2.66. The van der Waals surface area contributed by atoms with Gasteiger partial charge in [-0.1, -0.05) is 32.6 Å². The minimum Gasteiger partial charge on any atom is -0.392 e. The van der Waals surface area contributed by atoms with Crippen LogP contribution in [0.5, 0.6) is 0 Å². The Labute approximate surface area is 118 Å². The van der Waals surface area contributed by atoms with Crippen LogP contribution in [-0.2, 0) is 0 Å². The van der Waals surface area contributed by atoms with Gasteiger partial charge in [-0.05, 0) is 50.9 Å². The SMILES string of the molecule is CCCCC1CCC2CCCCC23CCC(O)CN13. The highest BCUT2D eigenvalue weighted by molar-refractivity contribution is 5.07. The van der Waals surface area contributed by atoms with Crippen LogP contribution in [0.1, 0.15) is 77.6 Å². The highest BCUT2D eigenvalue weighted by Crippen LogP contribution is 2.51. The fourth-order valence-corrected chi connectivity index (χ4v) is 5.28. The Kier molecular flexibility index (Phi) is 4.19. The number of unbranched alkanes of at least 4 members (excludes halogenated alkanes) is 1. The van der Waals surface area contributed by atoms with Gasteiger partial charge in [0, 0.05) is 18.1 Å². The lowest BCUT2D eigenvalue weighted by molar-refractivity contribution is -0.123. The summed E-state index contributed by atoms with van der Waals surface area (Å²) in [4.78, 5) is 2.80. The van der Waals surface area contributed by atoms with Gasteiger partial charge in [0.1, 0.15) is 0 Å². The van der Waals surface area contributed by atoms with E-state index in [0.29, 0.717) is 5.54 Å². The zero-order chi connectivity index (χ0) is 13.3. The average molecular weight is 265 g/mol. The fourth-order valence-electron chi connectivity index (χ4n) is 5.28. The van der Waals surface area contributed by atoms with Crippen molar-refractivity contribution in [2.75, 3.05) is 6.54 Å². The van der Waals surface area contributed by atoms with Crippen LogP contribution in [0.2, 0.25) is 0 Å². The second kappa shape index (κ2) is 5.73. The normalized spacial score (nSPS) is 43.6. The molecule has 0 bridgehead atoms. The third-order valence-corrected chi connectivity index (χ3v) is 6.24. The van der Waals surface area contributed by atoms with E-state index in [0.717, 1.165) is 24.9 Å². The molecule has 1 spiro atoms. The molecule has 0 aromatic carbocycles. The number of hydrogen-bond acceptors (Lipinski definition) is 2. The van der Waals surface area contributed by atoms with Gasteiger partial charge in [0.05, 0.1) is 6.10 Å². The molecular weight excluding hydrogens is 234 g/mol. The first-order valence-electron chi connectivity index (χ1n) is 8.71. The summed E-state index contributed by atoms with van der Waals surface area (Å²) in [5.74, 6) is 0.937. The molecule has 3 aliphatic rings. The van der Waals surface area contributed by atoms with E-state index < -0.39 is 0 Å². The lowest BCUT2D eigenvalue weighted by Gasteiger charge is -2.61. The Morgan fingerprint density at radius 3 is 2.84 bits per heavy atom. The summed E-state index contributed by atoms with van der Waals surface area (Å²) in [5, 5.41) is 10.1. The van der Waals surface area contributed by atoms with Crippen LogP contribution in [-0.4, -0.2) is 34.2 Å². The minimum atomic E-state index is -0.0598. The van der Waals surface area contributed by atoms with Gasteiger partial charge in [0.25, 0.3) is 0 Å². The quantitative estimate of drug-likeness (QED) is 0.840. The molecule has 0 radical (unpaired) electrons. The summed E-state index contributed by atoms with van der Waals surface area (Å²) in [7, 11) is 0. The molecule has 0 aromatic rings. The molecule has 110 valence electrons. The molecule has 2 nitrogen and oxygen atoms in total. The molecule has 1 saturated carbocycles. The van der Waals surface area contributed by atoms with Crippen molar-refractivity contribution < 1.29 is 5.11 Å². The molecule has 2 heterocycles. The number of rotatable bonds is 3. The van der Waals surface area contributed by atoms with Crippen LogP contribution >= 0.6 is 0 Å². The molecule has 1 aliphatic carbocycles. The second-order valence-corrected chi connectivity index (χ2v) is 7.26. The maximum absolute atomic E-state index is 10.1. The van der Waals surface area contributed by atoms with Crippen molar-refractivity contribution in [3.8, 4) is 0 Å². The van der Waals surface area contributed by atoms with E-state index in [1.54, 1.807) is 0 Å². The van der Waals surface area contributed by atoms with E-state index in [1.165, 1.54) is 64.2 Å². The van der Waals surface area contributed by atoms with Gasteiger partial charge in [0.15, 0.2) is 0 Å². The number of aliphatic hydroxyl groups excluding tert-OH is 1. The lowest BCUT2D eigenvalue weighted by atomic mass is 9.62. The maximum Gasteiger partial charge on any atom is 0.0668 e. The average Bonchev–Trinajstić information content (AvgIpc) is 2.44. The molecule has 3 rings (SSSR count). The molecule has 4 atom stereocenters. The van der Waals surface area contributed by atoms with Crippen molar-refractivity contribution in [3.05, 3.63) is 0 Å². The summed E-state index contributed by atoms with van der Waals surface area (Å²) in [6.07, 6.45) is 14.9. The van der Waals surface area contributed by atoms with Gasteiger partial charge in [-0.25, -0.2) is 0 Å². The standard InChI is InChI=1S/C17H31NO/c1-2-3-7-15-9-8-14-6-4-5-11-17(14)12-10-16(19)13-18(15)17/h14-16,19H,2-13H2,1H3. The van der Waals surface area contributed by atoms with Crippen LogP contribution < -0.4 is 0 Å². The van der Waals surface area contributed by atoms with Crippen molar-refractivity contribution in [2.45, 2.75) is 95.2 Å². The predicted octanol–water partition coefficient (Wildman–Crippen LogP) is 3.72. The van der Waals surface area contributed by atoms with Crippen LogP contribution in [0, 0.1) is 5.92 Å². The van der Waals surface area contributed by atoms with E-state index >= 15 is 0 Å². The highest BCUT2D eigenvalue weighted by Gasteiger charge is 2.52. The number of hydrogen-bond donors (Lipinski definition) is 1. The minimum absolute atomic E-state index is 0.0598. The van der Waals surface area contributed by atoms with Gasteiger partial charge in [-0.3, -0.25) is 4.90 Å². The summed E-state index contributed by atoms with van der Waals surface area (Å²) in [6, 6.07) is 0.768. The van der Waals surface area contributed by atoms with Crippen molar-refractivity contribution in [1.29, 1.82) is 0 Å². The summed E-state index contributed by atoms with van der Waals surface area (Å²) >= 11 is 0. The van der Waals surface area contributed by atoms with Crippen LogP contribution in [0.3, 0.4) is 0 Å². The molecule has 0 aromatic heterocycles. The molecular formula is C17H31NO. The number of β-amino-alcohol motifs (C(OH)–C–C–N with tert-alkyl or cyclic N) is 1. The fraction of sp³-hybridized carbons (Fsp3) is 1.00. The monoisotopic (exact) mass is 265 g/mol. The Morgan fingerprint density at radius 2 is 2.00 bits per heavy atom. The summed E-state index contributed by atoms with van der Waals surface area (Å²) in [5.41, 5.74) is 0.494.